The van der Waals surface area contributed by atoms with E-state index in [0.29, 0.717) is 11.9 Å². The molecule has 2 rings (SSSR count). The van der Waals surface area contributed by atoms with Gasteiger partial charge in [0, 0.05) is 6.61 Å². The molecule has 1 aromatic carbocycles. The van der Waals surface area contributed by atoms with E-state index in [0.717, 1.165) is 6.61 Å². The molecule has 0 amide bonds. The highest BCUT2D eigenvalue weighted by atomic mass is 16.5. The SMILES string of the molecule is CC1CCO1.Oc1ccccc1. The normalized spacial score (nSPS) is 20.2. The van der Waals surface area contributed by atoms with Crippen LogP contribution in [0.3, 0.4) is 0 Å². The molecule has 2 heteroatoms. The van der Waals surface area contributed by atoms with Crippen molar-refractivity contribution in [1.29, 1.82) is 0 Å². The second-order valence-corrected chi connectivity index (χ2v) is 2.81. The minimum atomic E-state index is 0.322. The Hall–Kier alpha value is -1.02. The molecule has 1 atom stereocenters. The quantitative estimate of drug-likeness (QED) is 0.640. The van der Waals surface area contributed by atoms with Gasteiger partial charge in [0.25, 0.3) is 0 Å². The summed E-state index contributed by atoms with van der Waals surface area (Å²) in [6.07, 6.45) is 1.83. The molecule has 66 valence electrons. The third-order valence-corrected chi connectivity index (χ3v) is 1.68. The van der Waals surface area contributed by atoms with Crippen LogP contribution in [0.1, 0.15) is 13.3 Å². The molecule has 2 nitrogen and oxygen atoms in total. The van der Waals surface area contributed by atoms with Crippen LogP contribution in [0.25, 0.3) is 0 Å². The second-order valence-electron chi connectivity index (χ2n) is 2.81. The Morgan fingerprint density at radius 3 is 2.00 bits per heavy atom. The van der Waals surface area contributed by atoms with Gasteiger partial charge in [-0.05, 0) is 25.5 Å². The summed E-state index contributed by atoms with van der Waals surface area (Å²) >= 11 is 0. The second kappa shape index (κ2) is 4.78. The molecule has 1 aliphatic rings. The van der Waals surface area contributed by atoms with Crippen LogP contribution in [0, 0.1) is 0 Å². The molecule has 0 aliphatic carbocycles. The lowest BCUT2D eigenvalue weighted by Crippen LogP contribution is -2.22. The van der Waals surface area contributed by atoms with Crippen LogP contribution < -0.4 is 0 Å². The van der Waals surface area contributed by atoms with E-state index in [9.17, 15) is 0 Å². The van der Waals surface area contributed by atoms with Gasteiger partial charge in [0.1, 0.15) is 5.75 Å². The molecule has 12 heavy (non-hydrogen) atoms. The third kappa shape index (κ3) is 3.39. The molecule has 1 aliphatic heterocycles. The molecule has 1 saturated heterocycles. The first-order valence-electron chi connectivity index (χ1n) is 4.14. The fourth-order valence-corrected chi connectivity index (χ4v) is 0.782. The zero-order valence-corrected chi connectivity index (χ0v) is 7.23. The molecule has 0 radical (unpaired) electrons. The summed E-state index contributed by atoms with van der Waals surface area (Å²) in [5.41, 5.74) is 0. The maximum Gasteiger partial charge on any atom is 0.115 e. The summed E-state index contributed by atoms with van der Waals surface area (Å²) in [7, 11) is 0. The van der Waals surface area contributed by atoms with E-state index >= 15 is 0 Å². The van der Waals surface area contributed by atoms with Crippen molar-refractivity contribution in [3.63, 3.8) is 0 Å². The monoisotopic (exact) mass is 166 g/mol. The molecule has 1 heterocycles. The number of benzene rings is 1. The number of ether oxygens (including phenoxy) is 1. The van der Waals surface area contributed by atoms with Crippen molar-refractivity contribution in [2.45, 2.75) is 19.4 Å². The minimum Gasteiger partial charge on any atom is -0.508 e. The molecule has 1 unspecified atom stereocenters. The molecule has 0 aromatic heterocycles. The molecule has 0 saturated carbocycles. The highest BCUT2D eigenvalue weighted by Gasteiger charge is 2.09. The Morgan fingerprint density at radius 1 is 1.33 bits per heavy atom. The summed E-state index contributed by atoms with van der Waals surface area (Å²) in [5.74, 6) is 0.322. The standard InChI is InChI=1S/C6H6O.C4H8O/c7-6-4-2-1-3-5-6;1-4-2-3-5-4/h1-5,7H;4H,2-3H2,1H3. The third-order valence-electron chi connectivity index (χ3n) is 1.68. The largest absolute Gasteiger partial charge is 0.508 e. The molecule has 1 fully saturated rings. The number of aromatic hydroxyl groups is 1. The summed E-state index contributed by atoms with van der Waals surface area (Å²) in [6.45, 7) is 3.07. The van der Waals surface area contributed by atoms with E-state index in [1.165, 1.54) is 6.42 Å². The summed E-state index contributed by atoms with van der Waals surface area (Å²) in [4.78, 5) is 0. The van der Waals surface area contributed by atoms with E-state index in [2.05, 4.69) is 6.92 Å². The first kappa shape index (κ1) is 9.07. The zero-order valence-electron chi connectivity index (χ0n) is 7.23. The number of phenolic OH excluding ortho intramolecular Hbond substituents is 1. The van der Waals surface area contributed by atoms with Crippen molar-refractivity contribution in [3.8, 4) is 5.75 Å². The van der Waals surface area contributed by atoms with Crippen molar-refractivity contribution in [2.75, 3.05) is 6.61 Å². The number of phenols is 1. The number of hydrogen-bond acceptors (Lipinski definition) is 2. The van der Waals surface area contributed by atoms with Gasteiger partial charge in [-0.15, -0.1) is 0 Å². The molecule has 1 aromatic rings. The van der Waals surface area contributed by atoms with Crippen LogP contribution in [0.15, 0.2) is 30.3 Å². The van der Waals surface area contributed by atoms with E-state index in [1.54, 1.807) is 24.3 Å². The van der Waals surface area contributed by atoms with Gasteiger partial charge in [-0.2, -0.15) is 0 Å². The van der Waals surface area contributed by atoms with E-state index in [4.69, 9.17) is 9.84 Å². The molecule has 0 spiro atoms. The molecule has 0 bridgehead atoms. The van der Waals surface area contributed by atoms with Crippen LogP contribution in [0.2, 0.25) is 0 Å². The lowest BCUT2D eigenvalue weighted by molar-refractivity contribution is -0.0375. The number of para-hydroxylation sites is 1. The van der Waals surface area contributed by atoms with Crippen molar-refractivity contribution in [2.24, 2.45) is 0 Å². The van der Waals surface area contributed by atoms with E-state index in [1.807, 2.05) is 6.07 Å². The number of hydrogen-bond donors (Lipinski definition) is 1. The highest BCUT2D eigenvalue weighted by molar-refractivity contribution is 5.18. The summed E-state index contributed by atoms with van der Waals surface area (Å²) in [6, 6.07) is 8.71. The van der Waals surface area contributed by atoms with E-state index < -0.39 is 0 Å². The Morgan fingerprint density at radius 2 is 1.83 bits per heavy atom. The predicted octanol–water partition coefficient (Wildman–Crippen LogP) is 2.19. The Balaban J connectivity index is 0.000000127. The van der Waals surface area contributed by atoms with Gasteiger partial charge in [-0.1, -0.05) is 18.2 Å². The van der Waals surface area contributed by atoms with Crippen LogP contribution in [0.4, 0.5) is 0 Å². The summed E-state index contributed by atoms with van der Waals surface area (Å²) in [5, 5.41) is 8.63. The van der Waals surface area contributed by atoms with Gasteiger partial charge in [0.15, 0.2) is 0 Å². The van der Waals surface area contributed by atoms with Crippen molar-refractivity contribution in [3.05, 3.63) is 30.3 Å². The first-order valence-corrected chi connectivity index (χ1v) is 4.14. The average Bonchev–Trinajstić information content (AvgIpc) is 2.04. The van der Waals surface area contributed by atoms with Crippen molar-refractivity contribution >= 4 is 0 Å². The fraction of sp³-hybridized carbons (Fsp3) is 0.400. The van der Waals surface area contributed by atoms with Gasteiger partial charge >= 0.3 is 0 Å². The lowest BCUT2D eigenvalue weighted by Gasteiger charge is -2.20. The van der Waals surface area contributed by atoms with Gasteiger partial charge in [-0.3, -0.25) is 0 Å². The molecular weight excluding hydrogens is 152 g/mol. The van der Waals surface area contributed by atoms with Gasteiger partial charge in [0.2, 0.25) is 0 Å². The minimum absolute atomic E-state index is 0.322. The average molecular weight is 166 g/mol. The predicted molar refractivity (Wildman–Crippen MR) is 48.1 cm³/mol. The maximum absolute atomic E-state index is 8.63. The topological polar surface area (TPSA) is 29.5 Å². The smallest absolute Gasteiger partial charge is 0.115 e. The van der Waals surface area contributed by atoms with Gasteiger partial charge in [0.05, 0.1) is 6.10 Å². The zero-order chi connectivity index (χ0) is 8.81. The van der Waals surface area contributed by atoms with Crippen molar-refractivity contribution in [1.82, 2.24) is 0 Å². The van der Waals surface area contributed by atoms with Crippen LogP contribution in [-0.2, 0) is 4.74 Å². The first-order chi connectivity index (χ1) is 5.79. The van der Waals surface area contributed by atoms with Crippen molar-refractivity contribution < 1.29 is 9.84 Å². The van der Waals surface area contributed by atoms with Gasteiger partial charge < -0.3 is 9.84 Å². The maximum atomic E-state index is 8.63. The van der Waals surface area contributed by atoms with Crippen LogP contribution >= 0.6 is 0 Å². The van der Waals surface area contributed by atoms with Crippen LogP contribution in [-0.4, -0.2) is 17.8 Å². The molecule has 1 N–H and O–H groups in total. The summed E-state index contributed by atoms with van der Waals surface area (Å²) < 4.78 is 4.93. The fourth-order valence-electron chi connectivity index (χ4n) is 0.782. The van der Waals surface area contributed by atoms with Gasteiger partial charge in [-0.25, -0.2) is 0 Å². The number of rotatable bonds is 0. The Kier molecular flexibility index (Phi) is 3.61. The van der Waals surface area contributed by atoms with Crippen LogP contribution in [0.5, 0.6) is 5.75 Å². The molecular formula is C10H14O2. The Bertz CT molecular complexity index is 204. The highest BCUT2D eigenvalue weighted by Crippen LogP contribution is 2.07. The Labute approximate surface area is 72.8 Å². The van der Waals surface area contributed by atoms with E-state index in [-0.39, 0.29) is 0 Å². The lowest BCUT2D eigenvalue weighted by atomic mass is 10.2.